The molecule has 0 bridgehead atoms. The van der Waals surface area contributed by atoms with Crippen LogP contribution in [0.2, 0.25) is 0 Å². The van der Waals surface area contributed by atoms with Gasteiger partial charge in [-0.15, -0.1) is 0 Å². The van der Waals surface area contributed by atoms with E-state index in [1.165, 1.54) is 0 Å². The van der Waals surface area contributed by atoms with E-state index in [1.54, 1.807) is 6.92 Å². The van der Waals surface area contributed by atoms with Crippen LogP contribution < -0.4 is 11.5 Å². The molecule has 3 atom stereocenters. The van der Waals surface area contributed by atoms with Crippen molar-refractivity contribution in [3.63, 3.8) is 0 Å². The minimum absolute atomic E-state index is 0.00916. The highest BCUT2D eigenvalue weighted by atomic mass is 16.6. The van der Waals surface area contributed by atoms with Gasteiger partial charge in [0.05, 0.1) is 0 Å². The van der Waals surface area contributed by atoms with E-state index in [2.05, 4.69) is 0 Å². The molecule has 4 N–H and O–H groups in total. The molecule has 0 radical (unpaired) electrons. The van der Waals surface area contributed by atoms with Gasteiger partial charge in [0.15, 0.2) is 0 Å². The third-order valence-electron chi connectivity index (χ3n) is 2.83. The van der Waals surface area contributed by atoms with Crippen molar-refractivity contribution in [2.45, 2.75) is 65.6 Å². The van der Waals surface area contributed by atoms with Crippen molar-refractivity contribution in [2.24, 2.45) is 23.3 Å². The molecule has 0 aliphatic carbocycles. The smallest absolute Gasteiger partial charge is 0.323 e. The Kier molecular flexibility index (Phi) is 9.21. The summed E-state index contributed by atoms with van der Waals surface area (Å²) in [5.74, 6) is -0.316. The third kappa shape index (κ3) is 9.42. The molecule has 0 rings (SSSR count). The van der Waals surface area contributed by atoms with Gasteiger partial charge in [-0.2, -0.15) is 0 Å². The SMILES string of the molecule is CC(C)C[C@H](N)C(=O)OCC(C)OC(=O)[C@@H](N)CC(C)C. The molecular formula is C15H30N2O4. The molecule has 0 amide bonds. The van der Waals surface area contributed by atoms with Gasteiger partial charge in [0.25, 0.3) is 0 Å². The lowest BCUT2D eigenvalue weighted by Gasteiger charge is -2.19. The molecule has 0 aliphatic rings. The van der Waals surface area contributed by atoms with Crippen molar-refractivity contribution in [1.29, 1.82) is 0 Å². The Morgan fingerprint density at radius 3 is 1.71 bits per heavy atom. The number of esters is 2. The van der Waals surface area contributed by atoms with E-state index in [4.69, 9.17) is 20.9 Å². The minimum atomic E-state index is -0.647. The Balaban J connectivity index is 4.06. The Morgan fingerprint density at radius 2 is 1.29 bits per heavy atom. The summed E-state index contributed by atoms with van der Waals surface area (Å²) >= 11 is 0. The van der Waals surface area contributed by atoms with Crippen LogP contribution in [0.15, 0.2) is 0 Å². The van der Waals surface area contributed by atoms with E-state index in [0.717, 1.165) is 0 Å². The molecule has 124 valence electrons. The summed E-state index contributed by atoms with van der Waals surface area (Å²) in [6, 6.07) is -1.29. The van der Waals surface area contributed by atoms with Crippen molar-refractivity contribution in [1.82, 2.24) is 0 Å². The quantitative estimate of drug-likeness (QED) is 0.620. The summed E-state index contributed by atoms with van der Waals surface area (Å²) in [6.07, 6.45) is 0.586. The summed E-state index contributed by atoms with van der Waals surface area (Å²) < 4.78 is 10.2. The Hall–Kier alpha value is -1.14. The molecule has 6 nitrogen and oxygen atoms in total. The van der Waals surface area contributed by atoms with Crippen LogP contribution in [0.3, 0.4) is 0 Å². The molecular weight excluding hydrogens is 272 g/mol. The number of ether oxygens (including phenoxy) is 2. The van der Waals surface area contributed by atoms with Crippen LogP contribution in [0.4, 0.5) is 0 Å². The summed E-state index contributed by atoms with van der Waals surface area (Å²) in [7, 11) is 0. The molecule has 0 saturated heterocycles. The second-order valence-corrected chi connectivity index (χ2v) is 6.35. The Labute approximate surface area is 127 Å². The number of hydrogen-bond acceptors (Lipinski definition) is 6. The average Bonchev–Trinajstić information content (AvgIpc) is 2.33. The first-order chi connectivity index (χ1) is 9.63. The standard InChI is InChI=1S/C15H30N2O4/c1-9(2)6-12(16)14(18)20-8-11(5)21-15(19)13(17)7-10(3)4/h9-13H,6-8,16-17H2,1-5H3/t11?,12-,13-/m0/s1. The maximum absolute atomic E-state index is 11.7. The first kappa shape index (κ1) is 19.9. The number of carbonyl (C=O) groups is 2. The van der Waals surface area contributed by atoms with E-state index in [-0.39, 0.29) is 6.61 Å². The molecule has 0 aromatic rings. The lowest BCUT2D eigenvalue weighted by atomic mass is 10.0. The first-order valence-electron chi connectivity index (χ1n) is 7.51. The zero-order valence-corrected chi connectivity index (χ0v) is 13.8. The molecule has 21 heavy (non-hydrogen) atoms. The van der Waals surface area contributed by atoms with Crippen molar-refractivity contribution in [3.05, 3.63) is 0 Å². The van der Waals surface area contributed by atoms with Crippen molar-refractivity contribution >= 4 is 11.9 Å². The second-order valence-electron chi connectivity index (χ2n) is 6.35. The Morgan fingerprint density at radius 1 is 0.857 bits per heavy atom. The fourth-order valence-electron chi connectivity index (χ4n) is 1.83. The van der Waals surface area contributed by atoms with E-state index in [1.807, 2.05) is 27.7 Å². The minimum Gasteiger partial charge on any atom is -0.461 e. The highest BCUT2D eigenvalue weighted by Crippen LogP contribution is 2.07. The predicted molar refractivity (Wildman–Crippen MR) is 81.4 cm³/mol. The lowest BCUT2D eigenvalue weighted by molar-refractivity contribution is -0.160. The van der Waals surface area contributed by atoms with Gasteiger partial charge in [0.2, 0.25) is 0 Å². The normalized spacial score (nSPS) is 15.7. The topological polar surface area (TPSA) is 105 Å². The fraction of sp³-hybridized carbons (Fsp3) is 0.867. The number of rotatable bonds is 9. The van der Waals surface area contributed by atoms with Crippen molar-refractivity contribution in [3.8, 4) is 0 Å². The average molecular weight is 302 g/mol. The molecule has 0 saturated carbocycles. The molecule has 0 spiro atoms. The van der Waals surface area contributed by atoms with E-state index < -0.39 is 30.1 Å². The summed E-state index contributed by atoms with van der Waals surface area (Å²) in [4.78, 5) is 23.3. The molecule has 0 aromatic carbocycles. The summed E-state index contributed by atoms with van der Waals surface area (Å²) in [5, 5.41) is 0. The molecule has 0 heterocycles. The number of hydrogen-bond donors (Lipinski definition) is 2. The van der Waals surface area contributed by atoms with Gasteiger partial charge in [-0.1, -0.05) is 27.7 Å². The van der Waals surface area contributed by atoms with Crippen LogP contribution in [0.5, 0.6) is 0 Å². The largest absolute Gasteiger partial charge is 0.461 e. The number of nitrogens with two attached hydrogens (primary N) is 2. The Bertz CT molecular complexity index is 332. The predicted octanol–water partition coefficient (Wildman–Crippen LogP) is 1.21. The maximum atomic E-state index is 11.7. The van der Waals surface area contributed by atoms with Crippen LogP contribution >= 0.6 is 0 Å². The number of carbonyl (C=O) groups excluding carboxylic acids is 2. The van der Waals surface area contributed by atoms with Gasteiger partial charge in [-0.3, -0.25) is 9.59 Å². The molecule has 1 unspecified atom stereocenters. The van der Waals surface area contributed by atoms with Crippen LogP contribution in [-0.2, 0) is 19.1 Å². The molecule has 6 heteroatoms. The van der Waals surface area contributed by atoms with Gasteiger partial charge in [-0.25, -0.2) is 0 Å². The van der Waals surface area contributed by atoms with Crippen LogP contribution in [-0.4, -0.2) is 36.7 Å². The van der Waals surface area contributed by atoms with Gasteiger partial charge in [0.1, 0.15) is 24.8 Å². The molecule has 0 aromatic heterocycles. The van der Waals surface area contributed by atoms with Crippen molar-refractivity contribution < 1.29 is 19.1 Å². The zero-order chi connectivity index (χ0) is 16.6. The van der Waals surface area contributed by atoms with Crippen LogP contribution in [0.1, 0.15) is 47.5 Å². The zero-order valence-electron chi connectivity index (χ0n) is 13.8. The highest BCUT2D eigenvalue weighted by molar-refractivity contribution is 5.76. The van der Waals surface area contributed by atoms with Crippen LogP contribution in [0.25, 0.3) is 0 Å². The summed E-state index contributed by atoms with van der Waals surface area (Å²) in [6.45, 7) is 9.57. The maximum Gasteiger partial charge on any atom is 0.323 e. The van der Waals surface area contributed by atoms with Crippen molar-refractivity contribution in [2.75, 3.05) is 6.61 Å². The summed E-state index contributed by atoms with van der Waals surface area (Å²) in [5.41, 5.74) is 11.4. The second kappa shape index (κ2) is 9.73. The first-order valence-corrected chi connectivity index (χ1v) is 7.51. The monoisotopic (exact) mass is 302 g/mol. The van der Waals surface area contributed by atoms with Gasteiger partial charge >= 0.3 is 11.9 Å². The van der Waals surface area contributed by atoms with Gasteiger partial charge in [-0.05, 0) is 31.6 Å². The van der Waals surface area contributed by atoms with Crippen LogP contribution in [0, 0.1) is 11.8 Å². The van der Waals surface area contributed by atoms with E-state index in [0.29, 0.717) is 24.7 Å². The molecule has 0 fully saturated rings. The van der Waals surface area contributed by atoms with Gasteiger partial charge in [0, 0.05) is 0 Å². The van der Waals surface area contributed by atoms with Gasteiger partial charge < -0.3 is 20.9 Å². The van der Waals surface area contributed by atoms with E-state index >= 15 is 0 Å². The fourth-order valence-corrected chi connectivity index (χ4v) is 1.83. The highest BCUT2D eigenvalue weighted by Gasteiger charge is 2.21. The third-order valence-corrected chi connectivity index (χ3v) is 2.83. The van der Waals surface area contributed by atoms with E-state index in [9.17, 15) is 9.59 Å². The lowest BCUT2D eigenvalue weighted by Crippen LogP contribution is -2.38. The molecule has 0 aliphatic heterocycles.